The lowest BCUT2D eigenvalue weighted by Crippen LogP contribution is -2.49. The van der Waals surface area contributed by atoms with Crippen LogP contribution in [-0.2, 0) is 0 Å². The number of nitrogens with zero attached hydrogens (tertiary/aromatic N) is 4. The van der Waals surface area contributed by atoms with E-state index in [1.807, 2.05) is 19.6 Å². The smallest absolute Gasteiger partial charge is 0.255 e. The van der Waals surface area contributed by atoms with Crippen molar-refractivity contribution in [3.8, 4) is 23.0 Å². The molecule has 4 aliphatic rings. The summed E-state index contributed by atoms with van der Waals surface area (Å²) in [6.45, 7) is 1.43. The van der Waals surface area contributed by atoms with E-state index in [9.17, 15) is 63.2 Å². The van der Waals surface area contributed by atoms with Crippen LogP contribution in [0.5, 0.6) is 23.0 Å². The number of halogens is 1. The third-order valence-electron chi connectivity index (χ3n) is 15.0. The molecule has 0 saturated carbocycles. The van der Waals surface area contributed by atoms with Crippen LogP contribution in [0.15, 0.2) is 72.8 Å². The molecule has 85 heavy (non-hydrogen) atoms. The fourth-order valence-electron chi connectivity index (χ4n) is 10.2. The lowest BCUT2D eigenvalue weighted by Gasteiger charge is -2.31. The monoisotopic (exact) mass is 1190 g/mol. The lowest BCUT2D eigenvalue weighted by atomic mass is 10.0. The Bertz CT molecular complexity index is 2990. The number of phenolic OH excluding ortho intramolecular Hbond substituents is 4. The summed E-state index contributed by atoms with van der Waals surface area (Å²) >= 11 is 5.12. The van der Waals surface area contributed by atoms with E-state index in [4.69, 9.17) is 12.2 Å². The van der Waals surface area contributed by atoms with Crippen molar-refractivity contribution in [1.29, 1.82) is 0 Å². The zero-order valence-electron chi connectivity index (χ0n) is 47.3. The van der Waals surface area contributed by atoms with Crippen LogP contribution in [-0.4, -0.2) is 229 Å². The SMILES string of the molecule is O=C1NCCN2CCNC(=O)c3cccc(c3O)C(=O)NCCN(CCNC(=O)c3cccc1c3O)CCN1CCNC(=O)c3cccc(c3O)C(=O)NCCN(CCNC(=O)c3cccc(c3O)C(=O)NC(CCCCCC(=S)CF)C1)CC2. The highest BCUT2D eigenvalue weighted by Gasteiger charge is 2.27. The molecule has 4 aromatic rings. The van der Waals surface area contributed by atoms with Crippen LogP contribution < -0.4 is 42.5 Å². The number of benzene rings is 4. The van der Waals surface area contributed by atoms with Gasteiger partial charge in [-0.05, 0) is 67.8 Å². The molecule has 24 nitrogen and oxygen atoms in total. The van der Waals surface area contributed by atoms with Crippen molar-refractivity contribution < 1.29 is 63.2 Å². The second kappa shape index (κ2) is 32.1. The summed E-state index contributed by atoms with van der Waals surface area (Å²) in [5.74, 6) is -7.53. The standard InChI is InChI=1S/C59H75FN12O12S/c60-36-39(85)9-3-1-2-8-38-37-72-31-24-67-57(82)45-15-6-14-44(50(45)75)54(79)63-20-27-70(28-21-66-58(83)46-16-7-17-47(51(46)76)59(84)68-38)33-32-69-25-18-61-52(77)40-10-4-12-42(48(40)73)55(80)64-22-29-71(34-35-72)30-23-65-56(81)43-13-5-11-41(49(43)74)53(78)62-19-26-69/h4-7,10-17,38,73-76H,1-3,8-9,18-37H2,(H,61,77)(H,62,78)(H,63,79)(H,64,80)(H,65,81)(H,66,83)(H,67,82)(H,68,84). The van der Waals surface area contributed by atoms with Gasteiger partial charge in [0, 0.05) is 135 Å². The molecule has 4 aliphatic heterocycles. The number of rotatable bonds is 7. The molecular formula is C59H75FN12O12S. The van der Waals surface area contributed by atoms with Crippen molar-refractivity contribution in [2.45, 2.75) is 38.1 Å². The molecule has 3 unspecified atom stereocenters. The Labute approximate surface area is 497 Å². The molecule has 0 radical (unpaired) electrons. The maximum absolute atomic E-state index is 14.4. The first kappa shape index (κ1) is 64.3. The molecule has 0 spiro atoms. The van der Waals surface area contributed by atoms with Crippen LogP contribution in [0, 0.1) is 0 Å². The summed E-state index contributed by atoms with van der Waals surface area (Å²) in [5.41, 5.74) is -1.26. The van der Waals surface area contributed by atoms with Crippen molar-refractivity contribution in [2.24, 2.45) is 0 Å². The minimum absolute atomic E-state index is 0.000743. The average molecular weight is 1200 g/mol. The van der Waals surface area contributed by atoms with Gasteiger partial charge < -0.3 is 63.0 Å². The third-order valence-corrected chi connectivity index (χ3v) is 15.3. The molecule has 0 fully saturated rings. The Morgan fingerprint density at radius 3 is 0.929 bits per heavy atom. The van der Waals surface area contributed by atoms with Gasteiger partial charge >= 0.3 is 0 Å². The molecule has 12 N–H and O–H groups in total. The lowest BCUT2D eigenvalue weighted by molar-refractivity contribution is 0.0895. The number of hydrogen-bond donors (Lipinski definition) is 12. The van der Waals surface area contributed by atoms with Crippen LogP contribution in [0.1, 0.15) is 115 Å². The van der Waals surface area contributed by atoms with Gasteiger partial charge in [0.15, 0.2) is 0 Å². The predicted molar refractivity (Wildman–Crippen MR) is 317 cm³/mol. The molecule has 4 aromatic carbocycles. The first-order valence-electron chi connectivity index (χ1n) is 28.6. The van der Waals surface area contributed by atoms with Crippen molar-refractivity contribution in [1.82, 2.24) is 62.1 Å². The second-order valence-corrected chi connectivity index (χ2v) is 21.4. The number of para-hydroxylation sites is 4. The molecule has 0 aromatic heterocycles. The summed E-state index contributed by atoms with van der Waals surface area (Å²) in [5, 5.41) is 68.6. The summed E-state index contributed by atoms with van der Waals surface area (Å²) in [6, 6.07) is 16.3. The van der Waals surface area contributed by atoms with Crippen molar-refractivity contribution in [3.63, 3.8) is 0 Å². The number of carbonyl (C=O) groups excluding carboxylic acids is 8. The van der Waals surface area contributed by atoms with Crippen molar-refractivity contribution in [2.75, 3.05) is 131 Å². The minimum Gasteiger partial charge on any atom is -0.506 e. The van der Waals surface area contributed by atoms with Crippen LogP contribution in [0.3, 0.4) is 0 Å². The molecule has 8 amide bonds. The quantitative estimate of drug-likeness (QED) is 0.0918. The first-order chi connectivity index (χ1) is 41.0. The zero-order valence-corrected chi connectivity index (χ0v) is 48.1. The van der Waals surface area contributed by atoms with Crippen LogP contribution >= 0.6 is 12.2 Å². The molecular weight excluding hydrogens is 1120 g/mol. The average Bonchev–Trinajstić information content (AvgIpc) is 3.68. The van der Waals surface area contributed by atoms with E-state index in [0.29, 0.717) is 37.0 Å². The third kappa shape index (κ3) is 18.3. The Morgan fingerprint density at radius 1 is 0.388 bits per heavy atom. The van der Waals surface area contributed by atoms with E-state index in [1.165, 1.54) is 72.8 Å². The number of nitrogens with one attached hydrogen (secondary N) is 8. The Hall–Kier alpha value is -8.30. The Kier molecular flexibility index (Phi) is 24.3. The minimum atomic E-state index is -0.720. The topological polar surface area (TPSA) is 327 Å². The van der Waals surface area contributed by atoms with Gasteiger partial charge in [-0.2, -0.15) is 0 Å². The van der Waals surface area contributed by atoms with Gasteiger partial charge in [-0.3, -0.25) is 58.0 Å². The molecule has 3 atom stereocenters. The highest BCUT2D eigenvalue weighted by atomic mass is 32.1. The fraction of sp³-hybridized carbons (Fsp3) is 0.441. The van der Waals surface area contributed by atoms with Gasteiger partial charge in [0.2, 0.25) is 0 Å². The van der Waals surface area contributed by atoms with Crippen molar-refractivity contribution in [3.05, 3.63) is 117 Å². The number of aromatic hydroxyl groups is 4. The highest BCUT2D eigenvalue weighted by molar-refractivity contribution is 7.80. The van der Waals surface area contributed by atoms with E-state index in [1.54, 1.807) is 0 Å². The van der Waals surface area contributed by atoms with E-state index in [-0.39, 0.29) is 169 Å². The van der Waals surface area contributed by atoms with E-state index >= 15 is 0 Å². The number of thiocarbonyl (C=S) groups is 1. The summed E-state index contributed by atoms with van der Waals surface area (Å²) < 4.78 is 13.3. The molecule has 456 valence electrons. The van der Waals surface area contributed by atoms with Gasteiger partial charge in [0.25, 0.3) is 47.3 Å². The van der Waals surface area contributed by atoms with E-state index in [2.05, 4.69) is 42.5 Å². The Balaban J connectivity index is 1.32. The number of amides is 8. The van der Waals surface area contributed by atoms with Crippen LogP contribution in [0.25, 0.3) is 0 Å². The van der Waals surface area contributed by atoms with Gasteiger partial charge in [-0.1, -0.05) is 49.3 Å². The molecule has 4 heterocycles. The van der Waals surface area contributed by atoms with Gasteiger partial charge in [0.05, 0.1) is 44.5 Å². The van der Waals surface area contributed by atoms with E-state index in [0.717, 1.165) is 0 Å². The highest BCUT2D eigenvalue weighted by Crippen LogP contribution is 2.26. The summed E-state index contributed by atoms with van der Waals surface area (Å²) in [7, 11) is 0. The maximum Gasteiger partial charge on any atom is 0.255 e. The summed E-state index contributed by atoms with van der Waals surface area (Å²) in [6.07, 6.45) is 2.53. The Morgan fingerprint density at radius 2 is 0.647 bits per heavy atom. The zero-order chi connectivity index (χ0) is 60.8. The summed E-state index contributed by atoms with van der Waals surface area (Å²) in [4.78, 5) is 119. The number of hydrogen-bond acceptors (Lipinski definition) is 17. The number of unbranched alkanes of at least 4 members (excludes halogenated alkanes) is 2. The molecule has 26 heteroatoms. The molecule has 8 rings (SSSR count). The second-order valence-electron chi connectivity index (χ2n) is 20.9. The van der Waals surface area contributed by atoms with Gasteiger partial charge in [0.1, 0.15) is 29.7 Å². The number of fused-ring (bicyclic) bond motifs is 16. The fourth-order valence-corrected chi connectivity index (χ4v) is 10.4. The number of alkyl halides is 1. The number of phenols is 4. The normalized spacial score (nSPS) is 21.7. The number of carbonyl (C=O) groups is 8. The van der Waals surface area contributed by atoms with E-state index < -0.39 is 83.0 Å². The first-order valence-corrected chi connectivity index (χ1v) is 29.0. The van der Waals surface area contributed by atoms with Crippen molar-refractivity contribution >= 4 is 64.3 Å². The molecule has 12 bridgehead atoms. The van der Waals surface area contributed by atoms with Crippen LogP contribution in [0.2, 0.25) is 0 Å². The van der Waals surface area contributed by atoms with Crippen LogP contribution in [0.4, 0.5) is 4.39 Å². The molecule has 0 saturated heterocycles. The molecule has 0 aliphatic carbocycles. The van der Waals surface area contributed by atoms with Gasteiger partial charge in [-0.15, -0.1) is 0 Å². The van der Waals surface area contributed by atoms with Gasteiger partial charge in [-0.25, -0.2) is 4.39 Å². The predicted octanol–water partition coefficient (Wildman–Crippen LogP) is 1.36. The maximum atomic E-state index is 14.4. The largest absolute Gasteiger partial charge is 0.506 e.